The van der Waals surface area contributed by atoms with Crippen LogP contribution < -0.4 is 5.32 Å². The van der Waals surface area contributed by atoms with Crippen LogP contribution in [0.1, 0.15) is 62.5 Å². The fourth-order valence-electron chi connectivity index (χ4n) is 2.59. The van der Waals surface area contributed by atoms with E-state index in [1.165, 1.54) is 5.56 Å². The predicted molar refractivity (Wildman–Crippen MR) is 95.4 cm³/mol. The van der Waals surface area contributed by atoms with Crippen LogP contribution >= 0.6 is 0 Å². The third-order valence-corrected chi connectivity index (χ3v) is 4.09. The van der Waals surface area contributed by atoms with Crippen LogP contribution in [0.2, 0.25) is 0 Å². The van der Waals surface area contributed by atoms with Gasteiger partial charge in [-0.05, 0) is 36.0 Å². The van der Waals surface area contributed by atoms with E-state index in [2.05, 4.69) is 43.2 Å². The third kappa shape index (κ3) is 4.85. The molecule has 0 aliphatic rings. The highest BCUT2D eigenvalue weighted by atomic mass is 16.4. The van der Waals surface area contributed by atoms with Gasteiger partial charge in [-0.25, -0.2) is 0 Å². The molecular weight excluding hydrogens is 304 g/mol. The van der Waals surface area contributed by atoms with Crippen LogP contribution in [-0.4, -0.2) is 28.5 Å². The molecule has 0 aliphatic carbocycles. The molecule has 0 bridgehead atoms. The van der Waals surface area contributed by atoms with Gasteiger partial charge in [0.1, 0.15) is 5.69 Å². The van der Waals surface area contributed by atoms with E-state index in [-0.39, 0.29) is 17.7 Å². The number of H-pyrrole nitrogens is 1. The summed E-state index contributed by atoms with van der Waals surface area (Å²) in [6, 6.07) is 8.09. The molecule has 0 saturated heterocycles. The molecule has 0 atom stereocenters. The zero-order valence-corrected chi connectivity index (χ0v) is 14.6. The Bertz CT molecular complexity index is 726. The molecule has 1 amide bonds. The third-order valence-electron chi connectivity index (χ3n) is 4.09. The highest BCUT2D eigenvalue weighted by Gasteiger charge is 2.15. The minimum absolute atomic E-state index is 0.0671. The van der Waals surface area contributed by atoms with Crippen molar-refractivity contribution >= 4 is 22.8 Å². The molecular formula is C19H26N2O3. The maximum atomic E-state index is 12.2. The number of aromatic nitrogens is 1. The summed E-state index contributed by atoms with van der Waals surface area (Å²) in [4.78, 5) is 25.8. The number of fused-ring (bicyclic) bond motifs is 1. The Labute approximate surface area is 142 Å². The Morgan fingerprint density at radius 2 is 1.88 bits per heavy atom. The van der Waals surface area contributed by atoms with Gasteiger partial charge in [-0.1, -0.05) is 39.3 Å². The zero-order valence-electron chi connectivity index (χ0n) is 14.6. The van der Waals surface area contributed by atoms with Gasteiger partial charge in [0.25, 0.3) is 5.91 Å². The largest absolute Gasteiger partial charge is 0.481 e. The molecule has 24 heavy (non-hydrogen) atoms. The van der Waals surface area contributed by atoms with E-state index in [1.807, 2.05) is 12.1 Å². The normalized spacial score (nSPS) is 11.6. The fourth-order valence-corrected chi connectivity index (χ4v) is 2.59. The van der Waals surface area contributed by atoms with Crippen molar-refractivity contribution in [1.82, 2.24) is 10.3 Å². The highest BCUT2D eigenvalue weighted by molar-refractivity contribution is 5.98. The number of benzene rings is 1. The van der Waals surface area contributed by atoms with E-state index in [0.717, 1.165) is 23.7 Å². The van der Waals surface area contributed by atoms with Gasteiger partial charge >= 0.3 is 5.97 Å². The monoisotopic (exact) mass is 330 g/mol. The summed E-state index contributed by atoms with van der Waals surface area (Å²) in [6.45, 7) is 7.04. The minimum Gasteiger partial charge on any atom is -0.481 e. The van der Waals surface area contributed by atoms with Gasteiger partial charge in [-0.15, -0.1) is 0 Å². The van der Waals surface area contributed by atoms with Gasteiger partial charge in [0.2, 0.25) is 0 Å². The second-order valence-electron chi connectivity index (χ2n) is 7.20. The first-order chi connectivity index (χ1) is 11.3. The van der Waals surface area contributed by atoms with Crippen molar-refractivity contribution in [3.63, 3.8) is 0 Å². The lowest BCUT2D eigenvalue weighted by Crippen LogP contribution is -2.24. The molecule has 3 N–H and O–H groups in total. The summed E-state index contributed by atoms with van der Waals surface area (Å²) in [5.41, 5.74) is 2.82. The summed E-state index contributed by atoms with van der Waals surface area (Å²) in [7, 11) is 0. The Morgan fingerprint density at radius 3 is 2.54 bits per heavy atom. The summed E-state index contributed by atoms with van der Waals surface area (Å²) in [5.74, 6) is -0.895. The van der Waals surface area contributed by atoms with Crippen LogP contribution in [0.4, 0.5) is 0 Å². The first kappa shape index (κ1) is 18.0. The van der Waals surface area contributed by atoms with E-state index >= 15 is 0 Å². The van der Waals surface area contributed by atoms with E-state index < -0.39 is 5.97 Å². The van der Waals surface area contributed by atoms with Crippen molar-refractivity contribution in [2.45, 2.75) is 51.9 Å². The molecule has 2 rings (SSSR count). The number of hydrogen-bond acceptors (Lipinski definition) is 2. The lowest BCUT2D eigenvalue weighted by atomic mass is 9.87. The predicted octanol–water partition coefficient (Wildman–Crippen LogP) is 3.84. The quantitative estimate of drug-likeness (QED) is 0.675. The van der Waals surface area contributed by atoms with E-state index in [0.29, 0.717) is 18.7 Å². The number of hydrogen-bond donors (Lipinski definition) is 3. The molecule has 5 nitrogen and oxygen atoms in total. The smallest absolute Gasteiger partial charge is 0.303 e. The number of carbonyl (C=O) groups is 2. The Kier molecular flexibility index (Phi) is 5.65. The second-order valence-corrected chi connectivity index (χ2v) is 7.20. The lowest BCUT2D eigenvalue weighted by Gasteiger charge is -2.18. The van der Waals surface area contributed by atoms with E-state index in [9.17, 15) is 9.59 Å². The van der Waals surface area contributed by atoms with Crippen LogP contribution in [-0.2, 0) is 10.2 Å². The molecule has 1 heterocycles. The fraction of sp³-hybridized carbons (Fsp3) is 0.474. The molecule has 2 aromatic rings. The van der Waals surface area contributed by atoms with Crippen molar-refractivity contribution in [2.24, 2.45) is 0 Å². The molecule has 0 fully saturated rings. The first-order valence-corrected chi connectivity index (χ1v) is 8.40. The maximum Gasteiger partial charge on any atom is 0.303 e. The number of nitrogens with one attached hydrogen (secondary N) is 2. The van der Waals surface area contributed by atoms with Gasteiger partial charge in [0.15, 0.2) is 0 Å². The standard InChI is InChI=1S/C19H26N2O3/c1-19(2,3)14-9-8-13-11-16(21-15(13)12-14)18(24)20-10-6-4-5-7-17(22)23/h8-9,11-12,21H,4-7,10H2,1-3H3,(H,20,24)(H,22,23). The van der Waals surface area contributed by atoms with Crippen molar-refractivity contribution in [3.05, 3.63) is 35.5 Å². The molecule has 0 unspecified atom stereocenters. The molecule has 5 heteroatoms. The SMILES string of the molecule is CC(C)(C)c1ccc2cc(C(=O)NCCCCCC(=O)O)[nH]c2c1. The Hall–Kier alpha value is -2.30. The number of carboxylic acids is 1. The minimum atomic E-state index is -0.772. The van der Waals surface area contributed by atoms with Crippen molar-refractivity contribution in [2.75, 3.05) is 6.54 Å². The van der Waals surface area contributed by atoms with Crippen molar-refractivity contribution in [1.29, 1.82) is 0 Å². The molecule has 1 aromatic heterocycles. The number of aromatic amines is 1. The van der Waals surface area contributed by atoms with Crippen LogP contribution in [0.25, 0.3) is 10.9 Å². The van der Waals surface area contributed by atoms with Crippen LogP contribution in [0.15, 0.2) is 24.3 Å². The Morgan fingerprint density at radius 1 is 1.12 bits per heavy atom. The van der Waals surface area contributed by atoms with Crippen molar-refractivity contribution in [3.8, 4) is 0 Å². The average molecular weight is 330 g/mol. The maximum absolute atomic E-state index is 12.2. The van der Waals surface area contributed by atoms with Crippen molar-refractivity contribution < 1.29 is 14.7 Å². The topological polar surface area (TPSA) is 82.2 Å². The van der Waals surface area contributed by atoms with Gasteiger partial charge in [0.05, 0.1) is 0 Å². The average Bonchev–Trinajstić information content (AvgIpc) is 2.92. The molecule has 0 radical (unpaired) electrons. The number of amides is 1. The molecule has 0 saturated carbocycles. The van der Waals surface area contributed by atoms with Gasteiger partial charge in [-0.3, -0.25) is 9.59 Å². The number of aliphatic carboxylic acids is 1. The molecule has 0 spiro atoms. The molecule has 0 aliphatic heterocycles. The first-order valence-electron chi connectivity index (χ1n) is 8.40. The number of carboxylic acid groups (broad SMARTS) is 1. The number of unbranched alkanes of at least 4 members (excludes halogenated alkanes) is 2. The number of carbonyl (C=O) groups excluding carboxylic acids is 1. The molecule has 1 aromatic carbocycles. The van der Waals surface area contributed by atoms with Crippen LogP contribution in [0.3, 0.4) is 0 Å². The Balaban J connectivity index is 1.92. The van der Waals surface area contributed by atoms with Crippen LogP contribution in [0, 0.1) is 0 Å². The van der Waals surface area contributed by atoms with E-state index in [1.54, 1.807) is 0 Å². The van der Waals surface area contributed by atoms with Gasteiger partial charge in [-0.2, -0.15) is 0 Å². The number of rotatable bonds is 7. The summed E-state index contributed by atoms with van der Waals surface area (Å²) in [5, 5.41) is 12.5. The zero-order chi connectivity index (χ0) is 17.7. The van der Waals surface area contributed by atoms with Gasteiger partial charge < -0.3 is 15.4 Å². The lowest BCUT2D eigenvalue weighted by molar-refractivity contribution is -0.137. The molecule has 130 valence electrons. The van der Waals surface area contributed by atoms with Gasteiger partial charge in [0, 0.05) is 23.9 Å². The van der Waals surface area contributed by atoms with E-state index in [4.69, 9.17) is 5.11 Å². The van der Waals surface area contributed by atoms with Crippen LogP contribution in [0.5, 0.6) is 0 Å². The summed E-state index contributed by atoms with van der Waals surface area (Å²) < 4.78 is 0. The second kappa shape index (κ2) is 7.51. The summed E-state index contributed by atoms with van der Waals surface area (Å²) in [6.07, 6.45) is 2.42. The highest BCUT2D eigenvalue weighted by Crippen LogP contribution is 2.26. The summed E-state index contributed by atoms with van der Waals surface area (Å²) >= 11 is 0.